The topological polar surface area (TPSA) is 85.2 Å². The Bertz CT molecular complexity index is 1110. The fourth-order valence-electron chi connectivity index (χ4n) is 4.76. The summed E-state index contributed by atoms with van der Waals surface area (Å²) in [5, 5.41) is 12.3. The number of benzene rings is 1. The molecule has 2 bridgehead atoms. The number of thiazole rings is 1. The number of nitrogens with zero attached hydrogens (tertiary/aromatic N) is 5. The number of aromatic nitrogens is 2. The Kier molecular flexibility index (Phi) is 5.53. The van der Waals surface area contributed by atoms with Crippen LogP contribution in [-0.4, -0.2) is 59.0 Å². The number of piperazine rings is 1. The van der Waals surface area contributed by atoms with Crippen molar-refractivity contribution in [1.82, 2.24) is 20.2 Å². The van der Waals surface area contributed by atoms with Crippen LogP contribution in [-0.2, 0) is 11.2 Å². The fraction of sp³-hybridized carbons (Fsp3) is 0.391. The van der Waals surface area contributed by atoms with Gasteiger partial charge in [0.1, 0.15) is 11.9 Å². The molecular formula is C23H24N6OS. The van der Waals surface area contributed by atoms with Crippen molar-refractivity contribution < 1.29 is 4.79 Å². The van der Waals surface area contributed by atoms with Crippen LogP contribution in [0.2, 0.25) is 0 Å². The van der Waals surface area contributed by atoms with Crippen LogP contribution in [0.25, 0.3) is 10.2 Å². The highest BCUT2D eigenvalue weighted by Gasteiger charge is 2.41. The monoisotopic (exact) mass is 432 g/mol. The molecule has 0 saturated carbocycles. The third-order valence-electron chi connectivity index (χ3n) is 6.26. The van der Waals surface area contributed by atoms with Crippen LogP contribution in [0.15, 0.2) is 42.0 Å². The summed E-state index contributed by atoms with van der Waals surface area (Å²) in [6.07, 6.45) is 4.66. The van der Waals surface area contributed by atoms with Crippen LogP contribution in [0, 0.1) is 11.3 Å². The van der Waals surface area contributed by atoms with Crippen LogP contribution in [0.4, 0.5) is 5.82 Å². The van der Waals surface area contributed by atoms with Crippen LogP contribution in [0.1, 0.15) is 24.0 Å². The van der Waals surface area contributed by atoms with Gasteiger partial charge in [-0.1, -0.05) is 12.1 Å². The summed E-state index contributed by atoms with van der Waals surface area (Å²) in [6.45, 7) is 2.61. The molecule has 3 aromatic rings. The van der Waals surface area contributed by atoms with Crippen molar-refractivity contribution in [3.8, 4) is 6.07 Å². The first-order chi connectivity index (χ1) is 15.2. The predicted octanol–water partition coefficient (Wildman–Crippen LogP) is 2.57. The Morgan fingerprint density at radius 3 is 2.77 bits per heavy atom. The molecule has 2 aromatic heterocycles. The Hall–Kier alpha value is -3.02. The molecule has 2 fully saturated rings. The van der Waals surface area contributed by atoms with Crippen molar-refractivity contribution in [3.63, 3.8) is 0 Å². The highest BCUT2D eigenvalue weighted by molar-refractivity contribution is 7.16. The van der Waals surface area contributed by atoms with Crippen molar-refractivity contribution >= 4 is 33.3 Å². The molecule has 2 atom stereocenters. The summed E-state index contributed by atoms with van der Waals surface area (Å²) in [6, 6.07) is 12.7. The molecule has 31 heavy (non-hydrogen) atoms. The minimum absolute atomic E-state index is 0.167. The van der Waals surface area contributed by atoms with Gasteiger partial charge in [0.05, 0.1) is 27.8 Å². The molecule has 2 aliphatic rings. The van der Waals surface area contributed by atoms with E-state index >= 15 is 0 Å². The van der Waals surface area contributed by atoms with Gasteiger partial charge < -0.3 is 15.1 Å². The van der Waals surface area contributed by atoms with Gasteiger partial charge in [0.2, 0.25) is 5.91 Å². The second-order valence-electron chi connectivity index (χ2n) is 8.15. The normalized spacial score (nSPS) is 20.2. The first kappa shape index (κ1) is 19.9. The number of nitriles is 1. The van der Waals surface area contributed by atoms with Crippen LogP contribution >= 0.6 is 11.3 Å². The van der Waals surface area contributed by atoms with Gasteiger partial charge in [-0.2, -0.15) is 5.26 Å². The molecule has 5 rings (SSSR count). The first-order valence-electron chi connectivity index (χ1n) is 10.7. The summed E-state index contributed by atoms with van der Waals surface area (Å²) >= 11 is 1.67. The maximum absolute atomic E-state index is 12.8. The SMILES string of the molecule is N#Cc1ccc(N2C3CCC2CN(C(=O)CNCCc2cccc4ncsc24)C3)nc1. The molecule has 0 spiro atoms. The minimum Gasteiger partial charge on any atom is -0.347 e. The highest BCUT2D eigenvalue weighted by atomic mass is 32.1. The van der Waals surface area contributed by atoms with E-state index in [1.165, 1.54) is 10.3 Å². The zero-order valence-corrected chi connectivity index (χ0v) is 18.0. The third kappa shape index (κ3) is 3.99. The van der Waals surface area contributed by atoms with Gasteiger partial charge in [-0.25, -0.2) is 9.97 Å². The number of carbonyl (C=O) groups excluding carboxylic acids is 1. The smallest absolute Gasteiger partial charge is 0.236 e. The second kappa shape index (κ2) is 8.61. The number of anilines is 1. The molecule has 2 aliphatic heterocycles. The van der Waals surface area contributed by atoms with E-state index in [9.17, 15) is 4.79 Å². The quantitative estimate of drug-likeness (QED) is 0.603. The molecule has 1 aromatic carbocycles. The van der Waals surface area contributed by atoms with Gasteiger partial charge in [-0.3, -0.25) is 4.79 Å². The van der Waals surface area contributed by atoms with Crippen LogP contribution in [0.5, 0.6) is 0 Å². The van der Waals surface area contributed by atoms with Crippen molar-refractivity contribution in [3.05, 3.63) is 53.2 Å². The van der Waals surface area contributed by atoms with E-state index in [4.69, 9.17) is 5.26 Å². The number of fused-ring (bicyclic) bond motifs is 3. The standard InChI is InChI=1S/C23H24N6OS/c24-10-16-4-7-21(26-11-16)29-18-5-6-19(29)14-28(13-18)22(30)12-25-9-8-17-2-1-3-20-23(17)31-15-27-20/h1-4,7,11,15,18-19,25H,5-6,8-9,12-14H2. The Balaban J connectivity index is 1.14. The highest BCUT2D eigenvalue weighted by Crippen LogP contribution is 2.33. The lowest BCUT2D eigenvalue weighted by Crippen LogP contribution is -2.57. The lowest BCUT2D eigenvalue weighted by molar-refractivity contribution is -0.131. The van der Waals surface area contributed by atoms with Gasteiger partial charge in [0.25, 0.3) is 0 Å². The molecule has 4 heterocycles. The second-order valence-corrected chi connectivity index (χ2v) is 9.01. The molecule has 0 radical (unpaired) electrons. The van der Waals surface area contributed by atoms with E-state index in [-0.39, 0.29) is 5.91 Å². The summed E-state index contributed by atoms with van der Waals surface area (Å²) in [4.78, 5) is 26.0. The van der Waals surface area contributed by atoms with E-state index in [1.807, 2.05) is 34.7 Å². The van der Waals surface area contributed by atoms with Gasteiger partial charge >= 0.3 is 0 Å². The van der Waals surface area contributed by atoms with Gasteiger partial charge in [-0.05, 0) is 49.6 Å². The molecule has 0 aliphatic carbocycles. The summed E-state index contributed by atoms with van der Waals surface area (Å²) in [5.41, 5.74) is 4.78. The number of nitrogens with one attached hydrogen (secondary N) is 1. The van der Waals surface area contributed by atoms with Crippen molar-refractivity contribution in [1.29, 1.82) is 5.26 Å². The Morgan fingerprint density at radius 1 is 1.19 bits per heavy atom. The molecule has 1 amide bonds. The first-order valence-corrected chi connectivity index (χ1v) is 11.5. The summed E-state index contributed by atoms with van der Waals surface area (Å²) in [7, 11) is 0. The zero-order valence-electron chi connectivity index (χ0n) is 17.2. The molecule has 2 unspecified atom stereocenters. The molecule has 158 valence electrons. The average Bonchev–Trinajstić information content (AvgIpc) is 3.39. The number of hydrogen-bond donors (Lipinski definition) is 1. The molecule has 7 nitrogen and oxygen atoms in total. The maximum atomic E-state index is 12.8. The van der Waals surface area contributed by atoms with Crippen LogP contribution in [0.3, 0.4) is 0 Å². The molecule has 8 heteroatoms. The molecule has 2 saturated heterocycles. The average molecular weight is 433 g/mol. The van der Waals surface area contributed by atoms with Crippen molar-refractivity contribution in [2.75, 3.05) is 31.1 Å². The number of rotatable bonds is 6. The number of pyridine rings is 1. The number of amides is 1. The number of hydrogen-bond acceptors (Lipinski definition) is 7. The van der Waals surface area contributed by atoms with E-state index in [0.717, 1.165) is 50.2 Å². The van der Waals surface area contributed by atoms with Gasteiger partial charge in [-0.15, -0.1) is 11.3 Å². The lowest BCUT2D eigenvalue weighted by Gasteiger charge is -2.41. The largest absolute Gasteiger partial charge is 0.347 e. The lowest BCUT2D eigenvalue weighted by atomic mass is 10.1. The van der Waals surface area contributed by atoms with Crippen molar-refractivity contribution in [2.45, 2.75) is 31.3 Å². The molecule has 1 N–H and O–H groups in total. The fourth-order valence-corrected chi connectivity index (χ4v) is 5.59. The van der Waals surface area contributed by atoms with Gasteiger partial charge in [0.15, 0.2) is 0 Å². The third-order valence-corrected chi connectivity index (χ3v) is 7.18. The van der Waals surface area contributed by atoms with E-state index in [2.05, 4.69) is 32.3 Å². The zero-order chi connectivity index (χ0) is 21.2. The number of carbonyl (C=O) groups is 1. The van der Waals surface area contributed by atoms with E-state index < -0.39 is 0 Å². The predicted molar refractivity (Wildman–Crippen MR) is 121 cm³/mol. The van der Waals surface area contributed by atoms with E-state index in [1.54, 1.807) is 17.5 Å². The molecular weight excluding hydrogens is 408 g/mol. The Morgan fingerprint density at radius 2 is 2.03 bits per heavy atom. The summed E-state index contributed by atoms with van der Waals surface area (Å²) in [5.74, 6) is 1.08. The van der Waals surface area contributed by atoms with Crippen LogP contribution < -0.4 is 10.2 Å². The van der Waals surface area contributed by atoms with Crippen molar-refractivity contribution in [2.24, 2.45) is 0 Å². The van der Waals surface area contributed by atoms with E-state index in [0.29, 0.717) is 24.2 Å². The number of likely N-dealkylation sites (tertiary alicyclic amines) is 1. The minimum atomic E-state index is 0.167. The van der Waals surface area contributed by atoms with Gasteiger partial charge in [0, 0.05) is 31.4 Å². The summed E-state index contributed by atoms with van der Waals surface area (Å²) < 4.78 is 1.24. The maximum Gasteiger partial charge on any atom is 0.236 e. The Labute approximate surface area is 185 Å².